The van der Waals surface area contributed by atoms with Crippen LogP contribution in [0.2, 0.25) is 0 Å². The normalized spacial score (nSPS) is 15.7. The summed E-state index contributed by atoms with van der Waals surface area (Å²) in [5, 5.41) is 0. The van der Waals surface area contributed by atoms with Crippen LogP contribution in [0.3, 0.4) is 0 Å². The van der Waals surface area contributed by atoms with Crippen LogP contribution >= 0.6 is 0 Å². The van der Waals surface area contributed by atoms with Gasteiger partial charge in [-0.1, -0.05) is 67.1 Å². The summed E-state index contributed by atoms with van der Waals surface area (Å²) in [4.78, 5) is 2.36. The number of fused-ring (bicyclic) bond motifs is 1. The fourth-order valence-corrected chi connectivity index (χ4v) is 3.54. The number of allylic oxidation sites excluding steroid dienone is 1. The zero-order valence-corrected chi connectivity index (χ0v) is 14.8. The predicted molar refractivity (Wildman–Crippen MR) is 108 cm³/mol. The van der Waals surface area contributed by atoms with Crippen LogP contribution in [0.25, 0.3) is 6.08 Å². The number of nitrogens with zero attached hydrogens (tertiary/aromatic N) is 1. The Morgan fingerprint density at radius 2 is 1.52 bits per heavy atom. The molecule has 1 aliphatic rings. The lowest BCUT2D eigenvalue weighted by Crippen LogP contribution is -2.14. The van der Waals surface area contributed by atoms with E-state index >= 15 is 0 Å². The molecule has 0 saturated heterocycles. The van der Waals surface area contributed by atoms with Crippen molar-refractivity contribution in [1.82, 2.24) is 0 Å². The Kier molecular flexibility index (Phi) is 4.15. The van der Waals surface area contributed by atoms with E-state index in [9.17, 15) is 0 Å². The first-order valence-corrected chi connectivity index (χ1v) is 8.94. The maximum absolute atomic E-state index is 2.36. The molecule has 25 heavy (non-hydrogen) atoms. The Bertz CT molecular complexity index is 891. The molecule has 1 heteroatoms. The van der Waals surface area contributed by atoms with E-state index in [1.165, 1.54) is 33.8 Å². The topological polar surface area (TPSA) is 3.24 Å². The van der Waals surface area contributed by atoms with Crippen LogP contribution in [-0.2, 0) is 6.42 Å². The molecule has 0 fully saturated rings. The Balaban J connectivity index is 1.90. The minimum atomic E-state index is 0.604. The van der Waals surface area contributed by atoms with E-state index < -0.39 is 0 Å². The lowest BCUT2D eigenvalue weighted by atomic mass is 9.89. The van der Waals surface area contributed by atoms with Crippen LogP contribution in [-0.4, -0.2) is 0 Å². The molecular formula is C24H23N. The number of aryl methyl sites for hydroxylation is 1. The highest BCUT2D eigenvalue weighted by Gasteiger charge is 2.19. The molecule has 0 saturated carbocycles. The summed E-state index contributed by atoms with van der Waals surface area (Å²) in [6.45, 7) is 4.41. The number of anilines is 3. The number of hydrogen-bond donors (Lipinski definition) is 0. The predicted octanol–water partition coefficient (Wildman–Crippen LogP) is 6.67. The largest absolute Gasteiger partial charge is 0.310 e. The van der Waals surface area contributed by atoms with Crippen molar-refractivity contribution in [2.24, 2.45) is 5.92 Å². The highest BCUT2D eigenvalue weighted by molar-refractivity contribution is 5.84. The molecule has 4 rings (SSSR count). The summed E-state index contributed by atoms with van der Waals surface area (Å²) in [5.74, 6) is 0.604. The van der Waals surface area contributed by atoms with E-state index in [-0.39, 0.29) is 0 Å². The summed E-state index contributed by atoms with van der Waals surface area (Å²) in [7, 11) is 0. The highest BCUT2D eigenvalue weighted by atomic mass is 15.1. The quantitative estimate of drug-likeness (QED) is 0.520. The second-order valence-corrected chi connectivity index (χ2v) is 6.90. The number of rotatable bonds is 3. The van der Waals surface area contributed by atoms with Crippen LogP contribution in [0.5, 0.6) is 0 Å². The van der Waals surface area contributed by atoms with E-state index in [2.05, 4.69) is 104 Å². The van der Waals surface area contributed by atoms with Crippen molar-refractivity contribution >= 4 is 23.1 Å². The van der Waals surface area contributed by atoms with Crippen molar-refractivity contribution in [2.45, 2.75) is 20.3 Å². The summed E-state index contributed by atoms with van der Waals surface area (Å²) in [5.41, 5.74) is 7.67. The van der Waals surface area contributed by atoms with Gasteiger partial charge in [-0.2, -0.15) is 0 Å². The van der Waals surface area contributed by atoms with Crippen molar-refractivity contribution < 1.29 is 0 Å². The zero-order chi connectivity index (χ0) is 17.2. The first-order valence-electron chi connectivity index (χ1n) is 8.94. The molecule has 0 aliphatic heterocycles. The Labute approximate surface area is 150 Å². The maximum Gasteiger partial charge on any atom is 0.0536 e. The minimum Gasteiger partial charge on any atom is -0.310 e. The second kappa shape index (κ2) is 6.60. The summed E-state index contributed by atoms with van der Waals surface area (Å²) >= 11 is 0. The molecule has 0 aromatic heterocycles. The SMILES string of the molecule is Cc1ccc(N(c2ccccc2)c2cccc3c2C=CC(C)C3)cc1. The molecule has 0 radical (unpaired) electrons. The summed E-state index contributed by atoms with van der Waals surface area (Å²) in [6.07, 6.45) is 5.73. The van der Waals surface area contributed by atoms with Crippen molar-refractivity contribution in [3.8, 4) is 0 Å². The standard InChI is InChI=1S/C24H23N/c1-18-11-14-22(15-12-18)25(21-8-4-3-5-9-21)24-10-6-7-20-17-19(2)13-16-23(20)24/h3-16,19H,17H2,1-2H3. The molecule has 3 aromatic carbocycles. The molecule has 3 aromatic rings. The molecule has 1 atom stereocenters. The third-order valence-electron chi connectivity index (χ3n) is 4.85. The lowest BCUT2D eigenvalue weighted by Gasteiger charge is -2.29. The summed E-state index contributed by atoms with van der Waals surface area (Å²) in [6, 6.07) is 26.1. The van der Waals surface area contributed by atoms with Crippen LogP contribution in [0, 0.1) is 12.8 Å². The first-order chi connectivity index (χ1) is 12.2. The molecule has 0 heterocycles. The molecule has 0 N–H and O–H groups in total. The summed E-state index contributed by atoms with van der Waals surface area (Å²) < 4.78 is 0. The van der Waals surface area contributed by atoms with Crippen LogP contribution in [0.4, 0.5) is 17.1 Å². The molecule has 1 unspecified atom stereocenters. The van der Waals surface area contributed by atoms with E-state index in [1.54, 1.807) is 0 Å². The van der Waals surface area contributed by atoms with E-state index in [4.69, 9.17) is 0 Å². The monoisotopic (exact) mass is 325 g/mol. The zero-order valence-electron chi connectivity index (χ0n) is 14.8. The first kappa shape index (κ1) is 15.7. The van der Waals surface area contributed by atoms with Gasteiger partial charge in [-0.15, -0.1) is 0 Å². The molecule has 1 aliphatic carbocycles. The van der Waals surface area contributed by atoms with Gasteiger partial charge in [-0.25, -0.2) is 0 Å². The Morgan fingerprint density at radius 1 is 0.800 bits per heavy atom. The van der Waals surface area contributed by atoms with Gasteiger partial charge in [-0.3, -0.25) is 0 Å². The fraction of sp³-hybridized carbons (Fsp3) is 0.167. The average Bonchev–Trinajstić information content (AvgIpc) is 2.64. The Hall–Kier alpha value is -2.80. The lowest BCUT2D eigenvalue weighted by molar-refractivity contribution is 0.717. The minimum absolute atomic E-state index is 0.604. The van der Waals surface area contributed by atoms with Gasteiger partial charge < -0.3 is 4.90 Å². The maximum atomic E-state index is 2.36. The Morgan fingerprint density at radius 3 is 2.28 bits per heavy atom. The van der Waals surface area contributed by atoms with Gasteiger partial charge in [0.05, 0.1) is 5.69 Å². The van der Waals surface area contributed by atoms with Gasteiger partial charge in [0.15, 0.2) is 0 Å². The number of benzene rings is 3. The van der Waals surface area contributed by atoms with Gasteiger partial charge >= 0.3 is 0 Å². The van der Waals surface area contributed by atoms with Gasteiger partial charge in [0.1, 0.15) is 0 Å². The van der Waals surface area contributed by atoms with Gasteiger partial charge in [-0.05, 0) is 55.2 Å². The third kappa shape index (κ3) is 3.10. The van der Waals surface area contributed by atoms with E-state index in [1.807, 2.05) is 0 Å². The van der Waals surface area contributed by atoms with Crippen molar-refractivity contribution in [1.29, 1.82) is 0 Å². The smallest absolute Gasteiger partial charge is 0.0536 e. The van der Waals surface area contributed by atoms with Crippen molar-refractivity contribution in [3.63, 3.8) is 0 Å². The second-order valence-electron chi connectivity index (χ2n) is 6.90. The third-order valence-corrected chi connectivity index (χ3v) is 4.85. The molecule has 0 bridgehead atoms. The molecule has 0 amide bonds. The molecule has 124 valence electrons. The average molecular weight is 325 g/mol. The highest BCUT2D eigenvalue weighted by Crippen LogP contribution is 2.39. The number of para-hydroxylation sites is 1. The van der Waals surface area contributed by atoms with Crippen molar-refractivity contribution in [3.05, 3.63) is 95.6 Å². The molecular weight excluding hydrogens is 302 g/mol. The van der Waals surface area contributed by atoms with Crippen LogP contribution in [0.1, 0.15) is 23.6 Å². The molecule has 0 spiro atoms. The van der Waals surface area contributed by atoms with Gasteiger partial charge in [0.2, 0.25) is 0 Å². The fourth-order valence-electron chi connectivity index (χ4n) is 3.54. The van der Waals surface area contributed by atoms with E-state index in [0.717, 1.165) is 6.42 Å². The van der Waals surface area contributed by atoms with Gasteiger partial charge in [0.25, 0.3) is 0 Å². The number of hydrogen-bond acceptors (Lipinski definition) is 1. The van der Waals surface area contributed by atoms with Crippen LogP contribution in [0.15, 0.2) is 78.9 Å². The van der Waals surface area contributed by atoms with Crippen molar-refractivity contribution in [2.75, 3.05) is 4.90 Å². The van der Waals surface area contributed by atoms with Gasteiger partial charge in [0, 0.05) is 16.9 Å². The molecule has 1 nitrogen and oxygen atoms in total. The van der Waals surface area contributed by atoms with E-state index in [0.29, 0.717) is 5.92 Å². The van der Waals surface area contributed by atoms with Crippen LogP contribution < -0.4 is 4.90 Å².